The summed E-state index contributed by atoms with van der Waals surface area (Å²) in [6.45, 7) is 2.10. The summed E-state index contributed by atoms with van der Waals surface area (Å²) in [5.74, 6) is 1.26. The van der Waals surface area contributed by atoms with Crippen molar-refractivity contribution in [3.05, 3.63) is 56.5 Å². The fraction of sp³-hybridized carbons (Fsp3) is 0.200. The van der Waals surface area contributed by atoms with Gasteiger partial charge in [-0.15, -0.1) is 0 Å². The van der Waals surface area contributed by atoms with Gasteiger partial charge < -0.3 is 10.1 Å². The highest BCUT2D eigenvalue weighted by Gasteiger charge is 2.08. The lowest BCUT2D eigenvalue weighted by Crippen LogP contribution is -2.11. The maximum absolute atomic E-state index is 6.13. The number of halogens is 3. The molecule has 2 aromatic carbocycles. The molecule has 2 rings (SSSR count). The number of benzene rings is 2. The zero-order valence-corrected chi connectivity index (χ0v) is 14.2. The van der Waals surface area contributed by atoms with Crippen LogP contribution in [0.25, 0.3) is 0 Å². The average Bonchev–Trinajstić information content (AvgIpc) is 2.44. The van der Waals surface area contributed by atoms with Crippen LogP contribution in [-0.4, -0.2) is 7.05 Å². The van der Waals surface area contributed by atoms with Crippen molar-refractivity contribution in [3.8, 4) is 11.5 Å². The Balaban J connectivity index is 2.20. The number of rotatable bonds is 4. The molecule has 0 aliphatic carbocycles. The molecule has 0 aliphatic rings. The Morgan fingerprint density at radius 2 is 1.75 bits per heavy atom. The topological polar surface area (TPSA) is 21.3 Å². The van der Waals surface area contributed by atoms with Crippen molar-refractivity contribution in [2.24, 2.45) is 0 Å². The summed E-state index contributed by atoms with van der Waals surface area (Å²) in [5, 5.41) is 4.26. The fourth-order valence-electron chi connectivity index (χ4n) is 1.70. The van der Waals surface area contributed by atoms with Crippen LogP contribution in [0.15, 0.2) is 40.9 Å². The third kappa shape index (κ3) is 3.67. The molecule has 0 heterocycles. The molecule has 2 nitrogen and oxygen atoms in total. The first-order valence-corrected chi connectivity index (χ1v) is 7.65. The molecule has 1 N–H and O–H groups in total. The summed E-state index contributed by atoms with van der Waals surface area (Å²) in [6.07, 6.45) is 0. The van der Waals surface area contributed by atoms with Crippen LogP contribution in [0.2, 0.25) is 10.0 Å². The van der Waals surface area contributed by atoms with Gasteiger partial charge in [-0.25, -0.2) is 0 Å². The number of ether oxygens (including phenoxy) is 1. The van der Waals surface area contributed by atoms with Crippen LogP contribution in [0.3, 0.4) is 0 Å². The zero-order chi connectivity index (χ0) is 14.7. The summed E-state index contributed by atoms with van der Waals surface area (Å²) in [6, 6.07) is 11.6. The molecule has 0 fully saturated rings. The smallest absolute Gasteiger partial charge is 0.147 e. The van der Waals surface area contributed by atoms with Gasteiger partial charge in [0.05, 0.1) is 10.0 Å². The highest BCUT2D eigenvalue weighted by Crippen LogP contribution is 2.36. The van der Waals surface area contributed by atoms with E-state index in [1.807, 2.05) is 31.3 Å². The van der Waals surface area contributed by atoms with Gasteiger partial charge in [-0.2, -0.15) is 0 Å². The van der Waals surface area contributed by atoms with Gasteiger partial charge in [-0.05, 0) is 53.7 Å². The van der Waals surface area contributed by atoms with E-state index in [1.54, 1.807) is 12.1 Å². The summed E-state index contributed by atoms with van der Waals surface area (Å²) in [5.41, 5.74) is 1.19. The molecule has 0 radical (unpaired) electrons. The van der Waals surface area contributed by atoms with Crippen LogP contribution in [-0.2, 0) is 0 Å². The Bertz CT molecular complexity index is 602. The van der Waals surface area contributed by atoms with Crippen molar-refractivity contribution >= 4 is 39.1 Å². The first-order valence-electron chi connectivity index (χ1n) is 6.11. The maximum Gasteiger partial charge on any atom is 0.147 e. The van der Waals surface area contributed by atoms with Crippen molar-refractivity contribution in [2.45, 2.75) is 13.0 Å². The number of hydrogen-bond donors (Lipinski definition) is 1. The second-order valence-corrected chi connectivity index (χ2v) is 6.05. The monoisotopic (exact) mass is 373 g/mol. The standard InChI is InChI=1S/C15H14BrCl2NO/c1-9(19-2)10-3-5-11(6-4-10)20-15-8-13(17)12(16)7-14(15)18/h3-9,19H,1-2H3. The van der Waals surface area contributed by atoms with E-state index in [1.165, 1.54) is 5.56 Å². The first kappa shape index (κ1) is 15.6. The van der Waals surface area contributed by atoms with E-state index in [4.69, 9.17) is 27.9 Å². The minimum absolute atomic E-state index is 0.301. The molecule has 0 spiro atoms. The molecule has 5 heteroatoms. The molecule has 1 unspecified atom stereocenters. The molecule has 0 bridgehead atoms. The summed E-state index contributed by atoms with van der Waals surface area (Å²) < 4.78 is 6.50. The van der Waals surface area contributed by atoms with E-state index >= 15 is 0 Å². The Hall–Kier alpha value is -0.740. The molecule has 106 valence electrons. The lowest BCUT2D eigenvalue weighted by atomic mass is 10.1. The van der Waals surface area contributed by atoms with E-state index in [9.17, 15) is 0 Å². The molecule has 0 saturated heterocycles. The number of nitrogens with one attached hydrogen (secondary N) is 1. The molecular weight excluding hydrogens is 361 g/mol. The van der Waals surface area contributed by atoms with Gasteiger partial charge in [-0.3, -0.25) is 0 Å². The normalized spacial score (nSPS) is 12.2. The highest BCUT2D eigenvalue weighted by molar-refractivity contribution is 9.10. The molecular formula is C15H14BrCl2NO. The zero-order valence-electron chi connectivity index (χ0n) is 11.1. The van der Waals surface area contributed by atoms with Gasteiger partial charge >= 0.3 is 0 Å². The van der Waals surface area contributed by atoms with Crippen LogP contribution in [0.4, 0.5) is 0 Å². The van der Waals surface area contributed by atoms with Gasteiger partial charge in [0.2, 0.25) is 0 Å². The molecule has 20 heavy (non-hydrogen) atoms. The Kier molecular flexibility index (Phi) is 5.33. The molecule has 1 atom stereocenters. The Morgan fingerprint density at radius 1 is 1.10 bits per heavy atom. The lowest BCUT2D eigenvalue weighted by molar-refractivity contribution is 0.482. The van der Waals surface area contributed by atoms with Gasteiger partial charge in [-0.1, -0.05) is 35.3 Å². The van der Waals surface area contributed by atoms with Crippen molar-refractivity contribution in [3.63, 3.8) is 0 Å². The van der Waals surface area contributed by atoms with E-state index in [0.717, 1.165) is 10.2 Å². The highest BCUT2D eigenvalue weighted by atomic mass is 79.9. The van der Waals surface area contributed by atoms with Crippen LogP contribution >= 0.6 is 39.1 Å². The van der Waals surface area contributed by atoms with E-state index in [0.29, 0.717) is 21.8 Å². The van der Waals surface area contributed by atoms with E-state index < -0.39 is 0 Å². The Labute approximate surface area is 137 Å². The molecule has 0 aromatic heterocycles. The second kappa shape index (κ2) is 6.81. The number of hydrogen-bond acceptors (Lipinski definition) is 2. The van der Waals surface area contributed by atoms with Crippen LogP contribution in [0.5, 0.6) is 11.5 Å². The largest absolute Gasteiger partial charge is 0.456 e. The fourth-order valence-corrected chi connectivity index (χ4v) is 2.53. The van der Waals surface area contributed by atoms with Crippen LogP contribution < -0.4 is 10.1 Å². The van der Waals surface area contributed by atoms with E-state index in [2.05, 4.69) is 28.2 Å². The lowest BCUT2D eigenvalue weighted by Gasteiger charge is -2.12. The minimum atomic E-state index is 0.301. The average molecular weight is 375 g/mol. The first-order chi connectivity index (χ1) is 9.51. The van der Waals surface area contributed by atoms with Crippen molar-refractivity contribution < 1.29 is 4.74 Å². The molecule has 0 amide bonds. The SMILES string of the molecule is CNC(C)c1ccc(Oc2cc(Cl)c(Br)cc2Cl)cc1. The molecule has 0 aliphatic heterocycles. The van der Waals surface area contributed by atoms with Gasteiger partial charge in [0.25, 0.3) is 0 Å². The van der Waals surface area contributed by atoms with Crippen molar-refractivity contribution in [1.82, 2.24) is 5.32 Å². The van der Waals surface area contributed by atoms with Crippen LogP contribution in [0.1, 0.15) is 18.5 Å². The minimum Gasteiger partial charge on any atom is -0.456 e. The van der Waals surface area contributed by atoms with Crippen LogP contribution in [0, 0.1) is 0 Å². The van der Waals surface area contributed by atoms with Gasteiger partial charge in [0.15, 0.2) is 0 Å². The summed E-state index contributed by atoms with van der Waals surface area (Å²) in [7, 11) is 1.93. The maximum atomic E-state index is 6.13. The predicted octanol–water partition coefficient (Wildman–Crippen LogP) is 5.83. The molecule has 2 aromatic rings. The van der Waals surface area contributed by atoms with E-state index in [-0.39, 0.29) is 0 Å². The predicted molar refractivity (Wildman–Crippen MR) is 88.2 cm³/mol. The second-order valence-electron chi connectivity index (χ2n) is 4.38. The summed E-state index contributed by atoms with van der Waals surface area (Å²) >= 11 is 15.5. The third-order valence-corrected chi connectivity index (χ3v) is 4.51. The third-order valence-electron chi connectivity index (χ3n) is 3.02. The van der Waals surface area contributed by atoms with Crippen molar-refractivity contribution in [1.29, 1.82) is 0 Å². The molecule has 0 saturated carbocycles. The van der Waals surface area contributed by atoms with Crippen molar-refractivity contribution in [2.75, 3.05) is 7.05 Å². The van der Waals surface area contributed by atoms with Gasteiger partial charge in [0, 0.05) is 16.6 Å². The van der Waals surface area contributed by atoms with Gasteiger partial charge in [0.1, 0.15) is 11.5 Å². The quantitative estimate of drug-likeness (QED) is 0.680. The summed E-state index contributed by atoms with van der Waals surface area (Å²) in [4.78, 5) is 0. The Morgan fingerprint density at radius 3 is 2.35 bits per heavy atom.